The van der Waals surface area contributed by atoms with Crippen LogP contribution in [0.5, 0.6) is 0 Å². The van der Waals surface area contributed by atoms with Crippen LogP contribution < -0.4 is 0 Å². The fourth-order valence-electron chi connectivity index (χ4n) is 2.31. The lowest BCUT2D eigenvalue weighted by Gasteiger charge is -2.23. The van der Waals surface area contributed by atoms with E-state index in [1.54, 1.807) is 24.1 Å². The number of hydrogen-bond acceptors (Lipinski definition) is 2. The number of rotatable bonds is 7. The fraction of sp³-hybridized carbons (Fsp3) is 0.353. The number of carbonyl (C=O) groups is 1. The van der Waals surface area contributed by atoms with E-state index >= 15 is 0 Å². The van der Waals surface area contributed by atoms with Crippen LogP contribution in [-0.4, -0.2) is 35.6 Å². The maximum atomic E-state index is 13.3. The average molecular weight is 304 g/mol. The second-order valence-corrected chi connectivity index (χ2v) is 5.19. The lowest BCUT2D eigenvalue weighted by molar-refractivity contribution is 0.0719. The van der Waals surface area contributed by atoms with Gasteiger partial charge in [-0.15, -0.1) is 0 Å². The molecule has 1 amide bonds. The number of halogens is 1. The predicted octanol–water partition coefficient (Wildman–Crippen LogP) is 2.84. The summed E-state index contributed by atoms with van der Waals surface area (Å²) >= 11 is 0. The molecule has 118 valence electrons. The van der Waals surface area contributed by atoms with Crippen LogP contribution in [0.4, 0.5) is 4.39 Å². The quantitative estimate of drug-likeness (QED) is 0.737. The lowest BCUT2D eigenvalue weighted by Crippen LogP contribution is -2.32. The molecule has 2 rings (SSSR count). The van der Waals surface area contributed by atoms with Crippen molar-refractivity contribution in [3.8, 4) is 0 Å². The van der Waals surface area contributed by atoms with Gasteiger partial charge >= 0.3 is 0 Å². The molecule has 2 aromatic rings. The molecular formula is C17H21FN2O2. The molecule has 0 atom stereocenters. The van der Waals surface area contributed by atoms with Gasteiger partial charge in [-0.1, -0.05) is 6.07 Å². The number of aryl methyl sites for hydroxylation is 1. The molecule has 0 saturated carbocycles. The Labute approximate surface area is 130 Å². The van der Waals surface area contributed by atoms with Crippen molar-refractivity contribution in [1.29, 1.82) is 0 Å². The molecule has 0 saturated heterocycles. The number of amides is 1. The lowest BCUT2D eigenvalue weighted by atomic mass is 10.2. The SMILES string of the molecule is COCCCN(Cc1cccn1C)C(=O)c1cccc(F)c1. The van der Waals surface area contributed by atoms with Crippen LogP contribution in [0.3, 0.4) is 0 Å². The van der Waals surface area contributed by atoms with Gasteiger partial charge in [-0.05, 0) is 36.8 Å². The van der Waals surface area contributed by atoms with Crippen LogP contribution in [0, 0.1) is 5.82 Å². The zero-order chi connectivity index (χ0) is 15.9. The number of methoxy groups -OCH3 is 1. The highest BCUT2D eigenvalue weighted by molar-refractivity contribution is 5.94. The molecule has 0 fully saturated rings. The monoisotopic (exact) mass is 304 g/mol. The number of aromatic nitrogens is 1. The van der Waals surface area contributed by atoms with Crippen LogP contribution in [0.15, 0.2) is 42.6 Å². The molecule has 1 aromatic heterocycles. The normalized spacial score (nSPS) is 10.7. The first-order valence-electron chi connectivity index (χ1n) is 7.26. The molecule has 0 aliphatic carbocycles. The molecule has 0 N–H and O–H groups in total. The molecule has 4 nitrogen and oxygen atoms in total. The Morgan fingerprint density at radius 2 is 2.14 bits per heavy atom. The number of benzene rings is 1. The minimum atomic E-state index is -0.401. The highest BCUT2D eigenvalue weighted by Crippen LogP contribution is 2.12. The highest BCUT2D eigenvalue weighted by Gasteiger charge is 2.17. The minimum Gasteiger partial charge on any atom is -0.385 e. The maximum Gasteiger partial charge on any atom is 0.254 e. The molecule has 0 aliphatic heterocycles. The van der Waals surface area contributed by atoms with E-state index in [1.165, 1.54) is 12.1 Å². The summed E-state index contributed by atoms with van der Waals surface area (Å²) in [6.45, 7) is 1.64. The summed E-state index contributed by atoms with van der Waals surface area (Å²) in [6.07, 6.45) is 2.68. The van der Waals surface area contributed by atoms with Gasteiger partial charge in [-0.25, -0.2) is 4.39 Å². The Hall–Kier alpha value is -2.14. The van der Waals surface area contributed by atoms with Gasteiger partial charge in [0.05, 0.1) is 6.54 Å². The number of carbonyl (C=O) groups excluding carboxylic acids is 1. The topological polar surface area (TPSA) is 34.5 Å². The summed E-state index contributed by atoms with van der Waals surface area (Å²) in [5, 5.41) is 0. The Kier molecular flexibility index (Phi) is 5.72. The average Bonchev–Trinajstić information content (AvgIpc) is 2.91. The van der Waals surface area contributed by atoms with E-state index < -0.39 is 5.82 Å². The third kappa shape index (κ3) is 4.18. The van der Waals surface area contributed by atoms with Gasteiger partial charge in [0.15, 0.2) is 0 Å². The summed E-state index contributed by atoms with van der Waals surface area (Å²) in [5.74, 6) is -0.571. The van der Waals surface area contributed by atoms with Crippen molar-refractivity contribution >= 4 is 5.91 Å². The van der Waals surface area contributed by atoms with Gasteiger partial charge in [-0.2, -0.15) is 0 Å². The van der Waals surface area contributed by atoms with E-state index in [2.05, 4.69) is 0 Å². The second kappa shape index (κ2) is 7.75. The van der Waals surface area contributed by atoms with Crippen molar-refractivity contribution in [2.24, 2.45) is 7.05 Å². The van der Waals surface area contributed by atoms with E-state index in [0.717, 1.165) is 12.1 Å². The maximum absolute atomic E-state index is 13.3. The van der Waals surface area contributed by atoms with Gasteiger partial charge in [-0.3, -0.25) is 4.79 Å². The van der Waals surface area contributed by atoms with Crippen molar-refractivity contribution in [2.45, 2.75) is 13.0 Å². The Morgan fingerprint density at radius 1 is 1.32 bits per heavy atom. The molecule has 0 radical (unpaired) electrons. The summed E-state index contributed by atoms with van der Waals surface area (Å²) in [5.41, 5.74) is 1.40. The number of hydrogen-bond donors (Lipinski definition) is 0. The van der Waals surface area contributed by atoms with Crippen LogP contribution in [-0.2, 0) is 18.3 Å². The highest BCUT2D eigenvalue weighted by atomic mass is 19.1. The van der Waals surface area contributed by atoms with E-state index in [9.17, 15) is 9.18 Å². The van der Waals surface area contributed by atoms with E-state index in [4.69, 9.17) is 4.74 Å². The molecule has 0 spiro atoms. The summed E-state index contributed by atoms with van der Waals surface area (Å²) in [7, 11) is 3.57. The number of nitrogens with zero attached hydrogens (tertiary/aromatic N) is 2. The van der Waals surface area contributed by atoms with Gasteiger partial charge in [0, 0.05) is 44.8 Å². The van der Waals surface area contributed by atoms with Crippen LogP contribution in [0.2, 0.25) is 0 Å². The van der Waals surface area contributed by atoms with Gasteiger partial charge in [0.2, 0.25) is 0 Å². The standard InChI is InChI=1S/C17H21FN2O2/c1-19-9-4-8-16(19)13-20(10-5-11-22-2)17(21)14-6-3-7-15(18)12-14/h3-4,6-9,12H,5,10-11,13H2,1-2H3. The molecule has 22 heavy (non-hydrogen) atoms. The van der Waals surface area contributed by atoms with E-state index in [0.29, 0.717) is 25.3 Å². The zero-order valence-corrected chi connectivity index (χ0v) is 13.0. The van der Waals surface area contributed by atoms with Crippen molar-refractivity contribution in [3.63, 3.8) is 0 Å². The van der Waals surface area contributed by atoms with Crippen molar-refractivity contribution in [1.82, 2.24) is 9.47 Å². The second-order valence-electron chi connectivity index (χ2n) is 5.19. The Morgan fingerprint density at radius 3 is 2.77 bits per heavy atom. The predicted molar refractivity (Wildman–Crippen MR) is 83.0 cm³/mol. The minimum absolute atomic E-state index is 0.170. The van der Waals surface area contributed by atoms with E-state index in [1.807, 2.05) is 29.9 Å². The first-order valence-corrected chi connectivity index (χ1v) is 7.26. The van der Waals surface area contributed by atoms with Crippen molar-refractivity contribution < 1.29 is 13.9 Å². The van der Waals surface area contributed by atoms with Gasteiger partial charge in [0.1, 0.15) is 5.82 Å². The van der Waals surface area contributed by atoms with Crippen molar-refractivity contribution in [3.05, 3.63) is 59.7 Å². The van der Waals surface area contributed by atoms with Crippen molar-refractivity contribution in [2.75, 3.05) is 20.3 Å². The third-order valence-corrected chi connectivity index (χ3v) is 3.54. The summed E-state index contributed by atoms with van der Waals surface area (Å²) in [4.78, 5) is 14.4. The zero-order valence-electron chi connectivity index (χ0n) is 13.0. The largest absolute Gasteiger partial charge is 0.385 e. The molecular weight excluding hydrogens is 283 g/mol. The van der Waals surface area contributed by atoms with Gasteiger partial charge < -0.3 is 14.2 Å². The third-order valence-electron chi connectivity index (χ3n) is 3.54. The molecule has 5 heteroatoms. The Bertz CT molecular complexity index is 625. The van der Waals surface area contributed by atoms with Crippen LogP contribution in [0.1, 0.15) is 22.5 Å². The fourth-order valence-corrected chi connectivity index (χ4v) is 2.31. The smallest absolute Gasteiger partial charge is 0.254 e. The van der Waals surface area contributed by atoms with E-state index in [-0.39, 0.29) is 5.91 Å². The first kappa shape index (κ1) is 16.2. The van der Waals surface area contributed by atoms with Crippen LogP contribution >= 0.6 is 0 Å². The molecule has 0 aliphatic rings. The molecule has 0 bridgehead atoms. The molecule has 1 heterocycles. The summed E-state index contributed by atoms with van der Waals surface area (Å²) < 4.78 is 20.4. The molecule has 0 unspecified atom stereocenters. The number of ether oxygens (including phenoxy) is 1. The first-order chi connectivity index (χ1) is 10.6. The molecule has 1 aromatic carbocycles. The summed E-state index contributed by atoms with van der Waals surface area (Å²) in [6, 6.07) is 9.72. The van der Waals surface area contributed by atoms with Gasteiger partial charge in [0.25, 0.3) is 5.91 Å². The van der Waals surface area contributed by atoms with Crippen LogP contribution in [0.25, 0.3) is 0 Å². The Balaban J connectivity index is 2.15.